The number of hydrogen-bond donors (Lipinski definition) is 3. The van der Waals surface area contributed by atoms with Crippen molar-refractivity contribution in [2.24, 2.45) is 17.8 Å². The molecule has 0 radical (unpaired) electrons. The zero-order chi connectivity index (χ0) is 28.8. The number of hydrogen-bond acceptors (Lipinski definition) is 5. The van der Waals surface area contributed by atoms with Crippen LogP contribution in [0.5, 0.6) is 0 Å². The highest BCUT2D eigenvalue weighted by Gasteiger charge is 2.76. The van der Waals surface area contributed by atoms with E-state index in [0.29, 0.717) is 30.1 Å². The lowest BCUT2D eigenvalue weighted by molar-refractivity contribution is -0.142. The zero-order valence-electron chi connectivity index (χ0n) is 22.8. The predicted octanol–water partition coefficient (Wildman–Crippen LogP) is 4.77. The fraction of sp³-hybridized carbons (Fsp3) is 0.500. The second-order valence-electron chi connectivity index (χ2n) is 11.5. The quantitative estimate of drug-likeness (QED) is 0.340. The molecule has 0 aliphatic carbocycles. The average molecular weight is 649 g/mol. The summed E-state index contributed by atoms with van der Waals surface area (Å²) >= 11 is 11.8. The molecule has 3 fully saturated rings. The molecule has 40 heavy (non-hydrogen) atoms. The Morgan fingerprint density at radius 2 is 1.90 bits per heavy atom. The number of nitrogens with one attached hydrogen (secondary N) is 2. The summed E-state index contributed by atoms with van der Waals surface area (Å²) in [6, 6.07) is 13.7. The van der Waals surface area contributed by atoms with Crippen molar-refractivity contribution in [3.63, 3.8) is 0 Å². The van der Waals surface area contributed by atoms with Crippen LogP contribution in [-0.4, -0.2) is 61.2 Å². The highest BCUT2D eigenvalue weighted by atomic mass is 79.9. The number of aliphatic hydroxyl groups excluding tert-OH is 1. The molecule has 3 saturated heterocycles. The SMILES string of the molecule is Cc1cccc(Cl)c1NC(=O)C1N([C@@H](CO)CC(C)C)C(=O)[C@@H]2[C@H](C(=O)NCc3ccccc3)[C@H]3SC12CC3Br. The van der Waals surface area contributed by atoms with E-state index in [-0.39, 0.29) is 40.3 Å². The molecule has 0 saturated carbocycles. The van der Waals surface area contributed by atoms with Gasteiger partial charge in [0.15, 0.2) is 0 Å². The Labute approximate surface area is 252 Å². The largest absolute Gasteiger partial charge is 0.394 e. The minimum absolute atomic E-state index is 0.0380. The van der Waals surface area contributed by atoms with Crippen LogP contribution in [-0.2, 0) is 20.9 Å². The number of amides is 3. The molecule has 0 aromatic heterocycles. The van der Waals surface area contributed by atoms with Gasteiger partial charge in [-0.1, -0.05) is 83.8 Å². The molecule has 10 heteroatoms. The van der Waals surface area contributed by atoms with Crippen LogP contribution in [0, 0.1) is 24.7 Å². The van der Waals surface area contributed by atoms with E-state index in [2.05, 4.69) is 26.6 Å². The van der Waals surface area contributed by atoms with Crippen LogP contribution in [0.25, 0.3) is 0 Å². The van der Waals surface area contributed by atoms with Gasteiger partial charge in [0.05, 0.1) is 39.9 Å². The summed E-state index contributed by atoms with van der Waals surface area (Å²) in [7, 11) is 0. The first-order valence-corrected chi connectivity index (χ1v) is 15.9. The molecule has 7 atom stereocenters. The number of carbonyl (C=O) groups excluding carboxylic acids is 3. The zero-order valence-corrected chi connectivity index (χ0v) is 25.9. The number of fused-ring (bicyclic) bond motifs is 1. The second-order valence-corrected chi connectivity index (χ2v) is 14.6. The summed E-state index contributed by atoms with van der Waals surface area (Å²) < 4.78 is -0.811. The number of likely N-dealkylation sites (tertiary alicyclic amines) is 1. The van der Waals surface area contributed by atoms with Crippen molar-refractivity contribution in [1.29, 1.82) is 0 Å². The topological polar surface area (TPSA) is 98.7 Å². The summed E-state index contributed by atoms with van der Waals surface area (Å²) in [5.41, 5.74) is 2.29. The van der Waals surface area contributed by atoms with Gasteiger partial charge in [0, 0.05) is 16.6 Å². The van der Waals surface area contributed by atoms with E-state index >= 15 is 0 Å². The van der Waals surface area contributed by atoms with E-state index in [1.165, 1.54) is 0 Å². The first-order chi connectivity index (χ1) is 19.1. The van der Waals surface area contributed by atoms with E-state index < -0.39 is 28.7 Å². The molecule has 2 aromatic rings. The van der Waals surface area contributed by atoms with Gasteiger partial charge >= 0.3 is 0 Å². The maximum absolute atomic E-state index is 14.4. The molecule has 2 bridgehead atoms. The van der Waals surface area contributed by atoms with E-state index in [0.717, 1.165) is 11.1 Å². The van der Waals surface area contributed by atoms with Gasteiger partial charge in [-0.25, -0.2) is 0 Å². The first kappa shape index (κ1) is 29.4. The van der Waals surface area contributed by atoms with Crippen molar-refractivity contribution in [2.45, 2.75) is 67.1 Å². The molecule has 3 heterocycles. The van der Waals surface area contributed by atoms with Crippen molar-refractivity contribution < 1.29 is 19.5 Å². The Bertz CT molecular complexity index is 1280. The molecule has 5 rings (SSSR count). The number of aliphatic hydroxyl groups is 1. The van der Waals surface area contributed by atoms with Gasteiger partial charge in [0.2, 0.25) is 17.7 Å². The maximum atomic E-state index is 14.4. The minimum Gasteiger partial charge on any atom is -0.394 e. The third-order valence-corrected chi connectivity index (χ3v) is 11.9. The number of nitrogens with zero attached hydrogens (tertiary/aromatic N) is 1. The van der Waals surface area contributed by atoms with Crippen LogP contribution >= 0.6 is 39.3 Å². The number of rotatable bonds is 9. The Balaban J connectivity index is 1.52. The van der Waals surface area contributed by atoms with Crippen molar-refractivity contribution >= 4 is 62.7 Å². The van der Waals surface area contributed by atoms with Gasteiger partial charge in [-0.2, -0.15) is 0 Å². The molecule has 214 valence electrons. The van der Waals surface area contributed by atoms with Crippen molar-refractivity contribution in [3.8, 4) is 0 Å². The van der Waals surface area contributed by atoms with Crippen LogP contribution in [0.4, 0.5) is 5.69 Å². The summed E-state index contributed by atoms with van der Waals surface area (Å²) in [4.78, 5) is 43.9. The van der Waals surface area contributed by atoms with Gasteiger partial charge in [-0.05, 0) is 42.9 Å². The van der Waals surface area contributed by atoms with Gasteiger partial charge in [-0.15, -0.1) is 11.8 Å². The molecule has 7 nitrogen and oxygen atoms in total. The number of para-hydroxylation sites is 1. The van der Waals surface area contributed by atoms with E-state index in [4.69, 9.17) is 11.6 Å². The van der Waals surface area contributed by atoms with Crippen LogP contribution in [0.2, 0.25) is 5.02 Å². The summed E-state index contributed by atoms with van der Waals surface area (Å²) in [5.74, 6) is -1.83. The Hall–Kier alpha value is -2.07. The predicted molar refractivity (Wildman–Crippen MR) is 162 cm³/mol. The highest BCUT2D eigenvalue weighted by molar-refractivity contribution is 9.09. The summed E-state index contributed by atoms with van der Waals surface area (Å²) in [6.07, 6.45) is 1.10. The van der Waals surface area contributed by atoms with Crippen molar-refractivity contribution in [2.75, 3.05) is 11.9 Å². The molecule has 1 spiro atoms. The maximum Gasteiger partial charge on any atom is 0.248 e. The molecule has 2 aromatic carbocycles. The van der Waals surface area contributed by atoms with E-state index in [9.17, 15) is 19.5 Å². The molecule has 3 aliphatic heterocycles. The minimum atomic E-state index is -0.862. The second kappa shape index (κ2) is 11.7. The highest BCUT2D eigenvalue weighted by Crippen LogP contribution is 2.68. The summed E-state index contributed by atoms with van der Waals surface area (Å²) in [6.45, 7) is 6.02. The number of alkyl halides is 1. The fourth-order valence-electron chi connectivity index (χ4n) is 6.76. The molecule has 3 amide bonds. The molecular formula is C30H35BrClN3O4S. The number of aryl methyl sites for hydroxylation is 1. The number of thioether (sulfide) groups is 1. The van der Waals surface area contributed by atoms with Crippen molar-refractivity contribution in [1.82, 2.24) is 10.2 Å². The number of benzene rings is 2. The molecule has 3 N–H and O–H groups in total. The summed E-state index contributed by atoms with van der Waals surface area (Å²) in [5, 5.41) is 16.8. The smallest absolute Gasteiger partial charge is 0.248 e. The lowest BCUT2D eigenvalue weighted by Crippen LogP contribution is -2.55. The number of halogens is 2. The molecule has 3 unspecified atom stereocenters. The van der Waals surface area contributed by atoms with E-state index in [1.54, 1.807) is 22.7 Å². The Morgan fingerprint density at radius 3 is 2.55 bits per heavy atom. The number of anilines is 1. The monoisotopic (exact) mass is 647 g/mol. The van der Waals surface area contributed by atoms with Gasteiger partial charge in [-0.3, -0.25) is 14.4 Å². The van der Waals surface area contributed by atoms with Crippen molar-refractivity contribution in [3.05, 3.63) is 64.7 Å². The lowest BCUT2D eigenvalue weighted by atomic mass is 9.70. The lowest BCUT2D eigenvalue weighted by Gasteiger charge is -2.38. The van der Waals surface area contributed by atoms with Gasteiger partial charge in [0.25, 0.3) is 0 Å². The Morgan fingerprint density at radius 1 is 1.18 bits per heavy atom. The fourth-order valence-corrected chi connectivity index (χ4v) is 10.6. The molecular weight excluding hydrogens is 614 g/mol. The van der Waals surface area contributed by atoms with E-state index in [1.807, 2.05) is 63.2 Å². The number of carbonyl (C=O) groups is 3. The third kappa shape index (κ3) is 5.08. The van der Waals surface area contributed by atoms with Crippen LogP contribution in [0.15, 0.2) is 48.5 Å². The first-order valence-electron chi connectivity index (χ1n) is 13.7. The average Bonchev–Trinajstić information content (AvgIpc) is 3.51. The normalized spacial score (nSPS) is 29.5. The molecule has 3 aliphatic rings. The van der Waals surface area contributed by atoms with Gasteiger partial charge in [0.1, 0.15) is 6.04 Å². The standard InChI is InChI=1S/C30H35BrClN3O4S/c1-16(2)12-19(15-36)35-26(28(38)34-24-17(3)8-7-11-21(24)32)30-13-20(31)25(40-30)22(23(30)29(35)39)27(37)33-14-18-9-5-4-6-10-18/h4-11,16,19-20,22-23,25-26,36H,12-15H2,1-3H3,(H,33,37)(H,34,38)/t19-,20?,22+,23+,25+,26?,30?/m1/s1. The third-order valence-electron chi connectivity index (χ3n) is 8.41. The van der Waals surface area contributed by atoms with Crippen LogP contribution in [0.3, 0.4) is 0 Å². The van der Waals surface area contributed by atoms with Crippen LogP contribution < -0.4 is 10.6 Å². The van der Waals surface area contributed by atoms with Crippen LogP contribution in [0.1, 0.15) is 37.8 Å². The Kier molecular flexibility index (Phi) is 8.58. The van der Waals surface area contributed by atoms with Gasteiger partial charge < -0.3 is 20.6 Å².